The van der Waals surface area contributed by atoms with Gasteiger partial charge in [-0.2, -0.15) is 0 Å². The minimum Gasteiger partial charge on any atom is -0.379 e. The van der Waals surface area contributed by atoms with Crippen molar-refractivity contribution < 1.29 is 28.1 Å². The predicted molar refractivity (Wildman–Crippen MR) is 114 cm³/mol. The van der Waals surface area contributed by atoms with E-state index < -0.39 is 18.9 Å². The molecule has 0 radical (unpaired) electrons. The summed E-state index contributed by atoms with van der Waals surface area (Å²) in [5.74, 6) is 0. The van der Waals surface area contributed by atoms with Crippen LogP contribution in [-0.2, 0) is 23.7 Å². The highest BCUT2D eigenvalue weighted by molar-refractivity contribution is 4.95. The van der Waals surface area contributed by atoms with E-state index in [1.165, 1.54) is 0 Å². The van der Waals surface area contributed by atoms with E-state index in [0.717, 1.165) is 51.4 Å². The van der Waals surface area contributed by atoms with Crippen molar-refractivity contribution in [1.29, 1.82) is 0 Å². The van der Waals surface area contributed by atoms with E-state index in [1.807, 2.05) is 0 Å². The maximum atomic E-state index is 13.9. The largest absolute Gasteiger partial charge is 0.379 e. The number of hydrogen-bond acceptors (Lipinski definition) is 5. The first kappa shape index (κ1) is 26.8. The molecular formula is C23H45FO5. The number of unbranched alkanes of at least 4 members (excludes halogenated alkanes) is 4. The molecule has 0 spiro atoms. The third kappa shape index (κ3) is 10.1. The molecular weight excluding hydrogens is 375 g/mol. The smallest absolute Gasteiger partial charge is 0.118 e. The standard InChI is InChI=1S/C23H45FO5/c1-5-9-13-25-18-20-22(27-15-11-7-3)23(28-16-12-8-4)21(19(17-24)29-20)26-14-10-6-2/h19-23H,5-18H2,1-4H3/t19-,20+,21-,22-,23+/m0/s1. The number of alkyl halides is 1. The second-order valence-electron chi connectivity index (χ2n) is 7.86. The second-order valence-corrected chi connectivity index (χ2v) is 7.86. The van der Waals surface area contributed by atoms with Crippen molar-refractivity contribution in [2.45, 2.75) is 110 Å². The molecule has 174 valence electrons. The van der Waals surface area contributed by atoms with Crippen molar-refractivity contribution in [3.05, 3.63) is 0 Å². The van der Waals surface area contributed by atoms with Gasteiger partial charge >= 0.3 is 0 Å². The summed E-state index contributed by atoms with van der Waals surface area (Å²) in [6.45, 7) is 10.8. The number of ether oxygens (including phenoxy) is 5. The van der Waals surface area contributed by atoms with E-state index >= 15 is 0 Å². The van der Waals surface area contributed by atoms with E-state index in [2.05, 4.69) is 27.7 Å². The van der Waals surface area contributed by atoms with Crippen LogP contribution in [-0.4, -0.2) is 70.2 Å². The van der Waals surface area contributed by atoms with E-state index in [4.69, 9.17) is 23.7 Å². The molecule has 29 heavy (non-hydrogen) atoms. The molecule has 1 saturated heterocycles. The van der Waals surface area contributed by atoms with Gasteiger partial charge in [0.2, 0.25) is 0 Å². The normalized spacial score (nSPS) is 27.4. The SMILES string of the molecule is CCCCOC[C@H]1O[C@@H](CF)[C@H](OCCCC)[C@@H](OCCCC)[C@H]1OCCCC. The molecule has 1 fully saturated rings. The van der Waals surface area contributed by atoms with Crippen LogP contribution in [0.5, 0.6) is 0 Å². The zero-order chi connectivity index (χ0) is 21.3. The van der Waals surface area contributed by atoms with Crippen LogP contribution in [0.2, 0.25) is 0 Å². The molecule has 0 saturated carbocycles. The lowest BCUT2D eigenvalue weighted by Gasteiger charge is -2.45. The highest BCUT2D eigenvalue weighted by Crippen LogP contribution is 2.29. The Morgan fingerprint density at radius 2 is 1.07 bits per heavy atom. The predicted octanol–water partition coefficient (Wildman–Crippen LogP) is 5.10. The van der Waals surface area contributed by atoms with E-state index in [0.29, 0.717) is 33.0 Å². The molecule has 0 amide bonds. The van der Waals surface area contributed by atoms with Crippen LogP contribution in [0.15, 0.2) is 0 Å². The zero-order valence-corrected chi connectivity index (χ0v) is 19.2. The maximum absolute atomic E-state index is 13.9. The summed E-state index contributed by atoms with van der Waals surface area (Å²) >= 11 is 0. The fourth-order valence-electron chi connectivity index (χ4n) is 3.38. The highest BCUT2D eigenvalue weighted by atomic mass is 19.1. The average molecular weight is 421 g/mol. The molecule has 0 aliphatic carbocycles. The Hall–Kier alpha value is -0.270. The lowest BCUT2D eigenvalue weighted by Crippen LogP contribution is -2.62. The molecule has 5 atom stereocenters. The molecule has 0 aromatic carbocycles. The van der Waals surface area contributed by atoms with Crippen LogP contribution in [0.1, 0.15) is 79.1 Å². The molecule has 0 aromatic rings. The molecule has 0 bridgehead atoms. The van der Waals surface area contributed by atoms with Crippen molar-refractivity contribution >= 4 is 0 Å². The summed E-state index contributed by atoms with van der Waals surface area (Å²) < 4.78 is 44.4. The summed E-state index contributed by atoms with van der Waals surface area (Å²) in [5, 5.41) is 0. The van der Waals surface area contributed by atoms with Gasteiger partial charge in [0.05, 0.1) is 6.61 Å². The monoisotopic (exact) mass is 420 g/mol. The van der Waals surface area contributed by atoms with Gasteiger partial charge in [0.25, 0.3) is 0 Å². The van der Waals surface area contributed by atoms with Gasteiger partial charge in [0, 0.05) is 26.4 Å². The number of rotatable bonds is 18. The Balaban J connectivity index is 2.92. The number of halogens is 1. The highest BCUT2D eigenvalue weighted by Gasteiger charge is 2.48. The first-order chi connectivity index (χ1) is 14.2. The summed E-state index contributed by atoms with van der Waals surface area (Å²) in [6, 6.07) is 0. The van der Waals surface area contributed by atoms with Crippen molar-refractivity contribution in [1.82, 2.24) is 0 Å². The van der Waals surface area contributed by atoms with E-state index in [9.17, 15) is 4.39 Å². The number of hydrogen-bond donors (Lipinski definition) is 0. The Bertz CT molecular complexity index is 371. The van der Waals surface area contributed by atoms with Crippen molar-refractivity contribution in [2.24, 2.45) is 0 Å². The summed E-state index contributed by atoms with van der Waals surface area (Å²) in [4.78, 5) is 0. The van der Waals surface area contributed by atoms with Crippen molar-refractivity contribution in [3.8, 4) is 0 Å². The van der Waals surface area contributed by atoms with Crippen LogP contribution in [0.4, 0.5) is 4.39 Å². The average Bonchev–Trinajstić information content (AvgIpc) is 2.73. The Labute approximate surface area is 177 Å². The molecule has 0 unspecified atom stereocenters. The van der Waals surface area contributed by atoms with Gasteiger partial charge in [-0.15, -0.1) is 0 Å². The summed E-state index contributed by atoms with van der Waals surface area (Å²) in [7, 11) is 0. The molecule has 1 aliphatic rings. The van der Waals surface area contributed by atoms with Crippen LogP contribution < -0.4 is 0 Å². The molecule has 6 heteroatoms. The minimum atomic E-state index is -0.649. The third-order valence-electron chi connectivity index (χ3n) is 5.23. The van der Waals surface area contributed by atoms with Crippen molar-refractivity contribution in [3.63, 3.8) is 0 Å². The van der Waals surface area contributed by atoms with Crippen LogP contribution in [0.25, 0.3) is 0 Å². The lowest BCUT2D eigenvalue weighted by molar-refractivity contribution is -0.267. The molecule has 5 nitrogen and oxygen atoms in total. The first-order valence-corrected chi connectivity index (χ1v) is 11.9. The Kier molecular flexibility index (Phi) is 16.1. The summed E-state index contributed by atoms with van der Waals surface area (Å²) in [6.07, 6.45) is 5.95. The lowest BCUT2D eigenvalue weighted by atomic mass is 9.94. The quantitative estimate of drug-likeness (QED) is 0.289. The van der Waals surface area contributed by atoms with Gasteiger partial charge < -0.3 is 23.7 Å². The van der Waals surface area contributed by atoms with Gasteiger partial charge in [-0.1, -0.05) is 53.4 Å². The maximum Gasteiger partial charge on any atom is 0.118 e. The van der Waals surface area contributed by atoms with Gasteiger partial charge in [-0.05, 0) is 25.7 Å². The molecule has 0 aromatic heterocycles. The molecule has 0 N–H and O–H groups in total. The Morgan fingerprint density at radius 1 is 0.621 bits per heavy atom. The fourth-order valence-corrected chi connectivity index (χ4v) is 3.38. The molecule has 1 rings (SSSR count). The first-order valence-electron chi connectivity index (χ1n) is 11.9. The van der Waals surface area contributed by atoms with Crippen LogP contribution >= 0.6 is 0 Å². The zero-order valence-electron chi connectivity index (χ0n) is 19.2. The van der Waals surface area contributed by atoms with E-state index in [1.54, 1.807) is 0 Å². The topological polar surface area (TPSA) is 46.2 Å². The van der Waals surface area contributed by atoms with Gasteiger partial charge in [0.15, 0.2) is 0 Å². The van der Waals surface area contributed by atoms with Gasteiger partial charge in [0.1, 0.15) is 37.2 Å². The molecule has 1 heterocycles. The van der Waals surface area contributed by atoms with E-state index in [-0.39, 0.29) is 18.3 Å². The van der Waals surface area contributed by atoms with Crippen molar-refractivity contribution in [2.75, 3.05) is 39.7 Å². The molecule has 1 aliphatic heterocycles. The summed E-state index contributed by atoms with van der Waals surface area (Å²) in [5.41, 5.74) is 0. The fraction of sp³-hybridized carbons (Fsp3) is 1.00. The minimum absolute atomic E-state index is 0.311. The second kappa shape index (κ2) is 17.4. The van der Waals surface area contributed by atoms with Crippen LogP contribution in [0.3, 0.4) is 0 Å². The Morgan fingerprint density at radius 3 is 1.55 bits per heavy atom. The third-order valence-corrected chi connectivity index (χ3v) is 5.23. The van der Waals surface area contributed by atoms with Gasteiger partial charge in [-0.25, -0.2) is 4.39 Å². The van der Waals surface area contributed by atoms with Crippen LogP contribution in [0, 0.1) is 0 Å². The van der Waals surface area contributed by atoms with Gasteiger partial charge in [-0.3, -0.25) is 0 Å².